The molecule has 35 heavy (non-hydrogen) atoms. The molecule has 2 N–H and O–H groups in total. The molecule has 2 aliphatic heterocycles. The van der Waals surface area contributed by atoms with Gasteiger partial charge in [0.15, 0.2) is 0 Å². The van der Waals surface area contributed by atoms with E-state index in [9.17, 15) is 18.4 Å². The molecule has 3 aromatic rings. The number of anilines is 1. The lowest BCUT2D eigenvalue weighted by molar-refractivity contribution is -0.131. The first-order valence-corrected chi connectivity index (χ1v) is 11.5. The van der Waals surface area contributed by atoms with Crippen LogP contribution in [0.1, 0.15) is 28.8 Å². The number of likely N-dealkylation sites (tertiary alicyclic amines) is 1. The summed E-state index contributed by atoms with van der Waals surface area (Å²) in [6.45, 7) is -0.335. The number of aryl methyl sites for hydroxylation is 1. The molecule has 1 fully saturated rings. The number of nitrogens with zero attached hydrogens (tertiary/aromatic N) is 3. The van der Waals surface area contributed by atoms with Gasteiger partial charge in [-0.2, -0.15) is 5.26 Å². The van der Waals surface area contributed by atoms with Crippen molar-refractivity contribution in [3.05, 3.63) is 59.8 Å². The zero-order chi connectivity index (χ0) is 24.6. The minimum absolute atomic E-state index is 0.327. The van der Waals surface area contributed by atoms with Crippen molar-refractivity contribution in [2.75, 3.05) is 25.0 Å². The van der Waals surface area contributed by atoms with Crippen molar-refractivity contribution >= 4 is 28.4 Å². The number of pyridine rings is 1. The molecule has 0 bridgehead atoms. The van der Waals surface area contributed by atoms with Crippen molar-refractivity contribution in [3.8, 4) is 17.2 Å². The molecule has 0 unspecified atom stereocenters. The summed E-state index contributed by atoms with van der Waals surface area (Å²) in [5.74, 6) is -4.34. The van der Waals surface area contributed by atoms with E-state index in [2.05, 4.69) is 27.8 Å². The summed E-state index contributed by atoms with van der Waals surface area (Å²) in [5, 5.41) is 15.6. The lowest BCUT2D eigenvalue weighted by Gasteiger charge is -2.19. The molecule has 0 radical (unpaired) electrons. The van der Waals surface area contributed by atoms with Gasteiger partial charge in [0, 0.05) is 30.2 Å². The highest BCUT2D eigenvalue weighted by atomic mass is 19.3. The average Bonchev–Trinajstić information content (AvgIpc) is 3.20. The Morgan fingerprint density at radius 3 is 2.83 bits per heavy atom. The predicted molar refractivity (Wildman–Crippen MR) is 127 cm³/mol. The van der Waals surface area contributed by atoms with E-state index in [0.717, 1.165) is 41.1 Å². The Bertz CT molecular complexity index is 1370. The first-order valence-electron chi connectivity index (χ1n) is 11.5. The molecule has 3 heterocycles. The van der Waals surface area contributed by atoms with Gasteiger partial charge >= 0.3 is 0 Å². The van der Waals surface area contributed by atoms with Crippen LogP contribution in [0, 0.1) is 11.3 Å². The highest BCUT2D eigenvalue weighted by Gasteiger charge is 2.47. The van der Waals surface area contributed by atoms with Crippen LogP contribution in [0.15, 0.2) is 48.7 Å². The van der Waals surface area contributed by atoms with Crippen molar-refractivity contribution in [1.82, 2.24) is 15.2 Å². The Kier molecular flexibility index (Phi) is 5.81. The Morgan fingerprint density at radius 1 is 1.20 bits per heavy atom. The molecular formula is C26H23F2N5O2. The minimum atomic E-state index is -3.11. The van der Waals surface area contributed by atoms with Gasteiger partial charge in [0.1, 0.15) is 6.04 Å². The summed E-state index contributed by atoms with van der Waals surface area (Å²) >= 11 is 0. The van der Waals surface area contributed by atoms with Crippen LogP contribution in [-0.2, 0) is 11.2 Å². The number of amides is 2. The topological polar surface area (TPSA) is 98.1 Å². The van der Waals surface area contributed by atoms with Gasteiger partial charge in [0.05, 0.1) is 30.2 Å². The number of benzene rings is 2. The number of nitrogens with one attached hydrogen (secondary N) is 2. The van der Waals surface area contributed by atoms with Gasteiger partial charge in [-0.3, -0.25) is 14.6 Å². The fourth-order valence-corrected chi connectivity index (χ4v) is 4.73. The summed E-state index contributed by atoms with van der Waals surface area (Å²) in [6, 6.07) is 14.0. The van der Waals surface area contributed by atoms with Crippen LogP contribution < -0.4 is 10.6 Å². The second-order valence-corrected chi connectivity index (χ2v) is 8.90. The van der Waals surface area contributed by atoms with Crippen molar-refractivity contribution in [3.63, 3.8) is 0 Å². The molecule has 2 aromatic carbocycles. The van der Waals surface area contributed by atoms with E-state index in [4.69, 9.17) is 5.26 Å². The van der Waals surface area contributed by atoms with Crippen LogP contribution in [0.25, 0.3) is 22.0 Å². The first-order chi connectivity index (χ1) is 16.8. The third-order valence-electron chi connectivity index (χ3n) is 6.50. The van der Waals surface area contributed by atoms with Crippen LogP contribution in [-0.4, -0.2) is 53.3 Å². The van der Waals surface area contributed by atoms with Crippen LogP contribution in [0.4, 0.5) is 14.5 Å². The average molecular weight is 475 g/mol. The van der Waals surface area contributed by atoms with Crippen molar-refractivity contribution in [2.45, 2.75) is 31.2 Å². The third kappa shape index (κ3) is 4.52. The fraction of sp³-hybridized carbons (Fsp3) is 0.308. The largest absolute Gasteiger partial charge is 0.385 e. The Hall–Kier alpha value is -4.06. The molecular weight excluding hydrogens is 452 g/mol. The van der Waals surface area contributed by atoms with E-state index in [0.29, 0.717) is 16.5 Å². The molecule has 0 spiro atoms. The lowest BCUT2D eigenvalue weighted by atomic mass is 9.95. The zero-order valence-electron chi connectivity index (χ0n) is 18.9. The molecule has 178 valence electrons. The van der Waals surface area contributed by atoms with E-state index < -0.39 is 43.3 Å². The number of hydrogen-bond donors (Lipinski definition) is 2. The molecule has 0 saturated carbocycles. The molecule has 7 nitrogen and oxygen atoms in total. The van der Waals surface area contributed by atoms with E-state index in [1.807, 2.05) is 24.3 Å². The van der Waals surface area contributed by atoms with Crippen LogP contribution in [0.5, 0.6) is 0 Å². The second kappa shape index (κ2) is 8.95. The van der Waals surface area contributed by atoms with E-state index in [1.165, 1.54) is 11.8 Å². The molecule has 5 rings (SSSR count). The van der Waals surface area contributed by atoms with Crippen molar-refractivity contribution < 1.29 is 18.4 Å². The van der Waals surface area contributed by atoms with Gasteiger partial charge in [0.2, 0.25) is 5.91 Å². The number of fused-ring (bicyclic) bond motifs is 2. The maximum absolute atomic E-state index is 13.7. The number of alkyl halides is 2. The smallest absolute Gasteiger partial charge is 0.268 e. The summed E-state index contributed by atoms with van der Waals surface area (Å²) in [7, 11) is 0. The summed E-state index contributed by atoms with van der Waals surface area (Å²) < 4.78 is 27.3. The number of halogens is 2. The molecule has 0 aliphatic carbocycles. The van der Waals surface area contributed by atoms with Gasteiger partial charge in [-0.05, 0) is 59.9 Å². The fourth-order valence-electron chi connectivity index (χ4n) is 4.73. The quantitative estimate of drug-likeness (QED) is 0.599. The highest BCUT2D eigenvalue weighted by molar-refractivity contribution is 6.07. The van der Waals surface area contributed by atoms with Gasteiger partial charge in [-0.25, -0.2) is 8.78 Å². The molecule has 2 amide bonds. The Labute approximate surface area is 200 Å². The van der Waals surface area contributed by atoms with Crippen LogP contribution >= 0.6 is 0 Å². The summed E-state index contributed by atoms with van der Waals surface area (Å²) in [6.07, 6.45) is 2.89. The number of hydrogen-bond acceptors (Lipinski definition) is 5. The molecule has 1 atom stereocenters. The number of carbonyl (C=O) groups is 2. The maximum Gasteiger partial charge on any atom is 0.268 e. The highest BCUT2D eigenvalue weighted by Crippen LogP contribution is 2.32. The number of nitriles is 1. The van der Waals surface area contributed by atoms with Gasteiger partial charge in [-0.15, -0.1) is 0 Å². The van der Waals surface area contributed by atoms with Crippen LogP contribution in [0.3, 0.4) is 0 Å². The normalized spacial score (nSPS) is 18.4. The molecule has 9 heteroatoms. The van der Waals surface area contributed by atoms with Crippen molar-refractivity contribution in [2.24, 2.45) is 0 Å². The maximum atomic E-state index is 13.7. The Balaban J connectivity index is 1.37. The third-order valence-corrected chi connectivity index (χ3v) is 6.50. The molecule has 1 saturated heterocycles. The molecule has 1 aromatic heterocycles. The lowest BCUT2D eigenvalue weighted by Crippen LogP contribution is -2.43. The van der Waals surface area contributed by atoms with Gasteiger partial charge in [-0.1, -0.05) is 12.1 Å². The minimum Gasteiger partial charge on any atom is -0.385 e. The monoisotopic (exact) mass is 475 g/mol. The summed E-state index contributed by atoms with van der Waals surface area (Å²) in [5.41, 5.74) is 5.29. The van der Waals surface area contributed by atoms with Crippen molar-refractivity contribution in [1.29, 1.82) is 5.26 Å². The van der Waals surface area contributed by atoms with E-state index in [1.54, 1.807) is 12.1 Å². The standard InChI is InChI=1S/C26H23F2N5O2/c27-26(28)12-19(13-29)33(15-26)24(34)14-32-25(35)20-7-9-31-23-6-4-17(11-21(20)23)16-3-5-22-18(10-16)2-1-8-30-22/h3-7,9-11,19,30H,1-2,8,12,14-15H2,(H,32,35)/t19-/m0/s1. The summed E-state index contributed by atoms with van der Waals surface area (Å²) in [4.78, 5) is 30.6. The van der Waals surface area contributed by atoms with Crippen LogP contribution in [0.2, 0.25) is 0 Å². The zero-order valence-corrected chi connectivity index (χ0v) is 18.9. The first kappa shape index (κ1) is 22.7. The number of rotatable bonds is 4. The number of carbonyl (C=O) groups excluding carboxylic acids is 2. The SMILES string of the molecule is N#C[C@@H]1CC(F)(F)CN1C(=O)CNC(=O)c1ccnc2ccc(-c3ccc4c(c3)CCCN4)cc12. The molecule has 2 aliphatic rings. The Morgan fingerprint density at radius 2 is 2.00 bits per heavy atom. The van der Waals surface area contributed by atoms with Gasteiger partial charge < -0.3 is 15.5 Å². The van der Waals surface area contributed by atoms with Gasteiger partial charge in [0.25, 0.3) is 11.8 Å². The van der Waals surface area contributed by atoms with E-state index in [-0.39, 0.29) is 0 Å². The predicted octanol–water partition coefficient (Wildman–Crippen LogP) is 3.75. The van der Waals surface area contributed by atoms with E-state index >= 15 is 0 Å². The second-order valence-electron chi connectivity index (χ2n) is 8.90. The number of aromatic nitrogens is 1.